The van der Waals surface area contributed by atoms with Crippen molar-refractivity contribution < 1.29 is 79.6 Å². The third kappa shape index (κ3) is 7.62. The maximum absolute atomic E-state index is 11.4. The van der Waals surface area contributed by atoms with Crippen LogP contribution in [0.25, 0.3) is 0 Å². The van der Waals surface area contributed by atoms with Gasteiger partial charge in [-0.3, -0.25) is 0 Å². The lowest BCUT2D eigenvalue weighted by molar-refractivity contribution is -0.271. The molecule has 0 aliphatic carbocycles. The number of aromatic hydroxyl groups is 2. The zero-order valence-electron chi connectivity index (χ0n) is 24.7. The first-order valence-corrected chi connectivity index (χ1v) is 14.4. The number of aliphatic carboxylic acids is 2. The van der Waals surface area contributed by atoms with Gasteiger partial charge in [-0.15, -0.1) is 0 Å². The summed E-state index contributed by atoms with van der Waals surface area (Å²) in [5.74, 6) is -4.06. The van der Waals surface area contributed by atoms with Gasteiger partial charge >= 0.3 is 11.9 Å². The third-order valence-electron chi connectivity index (χ3n) is 8.25. The summed E-state index contributed by atoms with van der Waals surface area (Å²) in [6, 6.07) is 8.93. The molecule has 0 amide bonds. The number of ether oxygens (including phenoxy) is 4. The normalized spacial score (nSPS) is 32.7. The van der Waals surface area contributed by atoms with E-state index in [0.29, 0.717) is 24.0 Å². The Hall–Kier alpha value is -3.74. The number of aliphatic hydroxyl groups is 6. The van der Waals surface area contributed by atoms with Crippen molar-refractivity contribution in [3.8, 4) is 23.0 Å². The van der Waals surface area contributed by atoms with Crippen LogP contribution in [0.3, 0.4) is 0 Å². The Morgan fingerprint density at radius 2 is 1.07 bits per heavy atom. The number of carboxylic acids is 2. The van der Waals surface area contributed by atoms with Gasteiger partial charge in [0.1, 0.15) is 36.6 Å². The molecule has 12 unspecified atom stereocenters. The summed E-state index contributed by atoms with van der Waals surface area (Å²) >= 11 is 0. The van der Waals surface area contributed by atoms with Crippen LogP contribution in [0.5, 0.6) is 23.0 Å². The number of phenolic OH excluding ortho intramolecular Hbond substituents is 2. The van der Waals surface area contributed by atoms with Crippen molar-refractivity contribution in [2.24, 2.45) is 11.8 Å². The smallest absolute Gasteiger partial charge is 0.335 e. The molecule has 2 aliphatic heterocycles. The highest BCUT2D eigenvalue weighted by Crippen LogP contribution is 2.35. The van der Waals surface area contributed by atoms with Gasteiger partial charge in [0.25, 0.3) is 0 Å². The first kappa shape index (κ1) is 35.1. The fourth-order valence-electron chi connectivity index (χ4n) is 5.26. The summed E-state index contributed by atoms with van der Waals surface area (Å²) in [6.45, 7) is 3.94. The van der Waals surface area contributed by atoms with Gasteiger partial charge in [-0.05, 0) is 60.1 Å². The molecule has 46 heavy (non-hydrogen) atoms. The summed E-state index contributed by atoms with van der Waals surface area (Å²) in [6.07, 6.45) is -17.2. The Balaban J connectivity index is 1.38. The van der Waals surface area contributed by atoms with E-state index in [9.17, 15) is 60.7 Å². The van der Waals surface area contributed by atoms with E-state index in [2.05, 4.69) is 0 Å². The molecule has 0 bridgehead atoms. The van der Waals surface area contributed by atoms with Crippen molar-refractivity contribution >= 4 is 11.9 Å². The molecule has 0 spiro atoms. The number of rotatable bonds is 11. The molecule has 2 fully saturated rings. The predicted octanol–water partition coefficient (Wildman–Crippen LogP) is -1.30. The van der Waals surface area contributed by atoms with Crippen molar-refractivity contribution in [2.75, 3.05) is 0 Å². The van der Waals surface area contributed by atoms with Crippen LogP contribution in [0.1, 0.15) is 25.0 Å². The highest BCUT2D eigenvalue weighted by atomic mass is 16.7. The average molecular weight is 655 g/mol. The Morgan fingerprint density at radius 1 is 0.630 bits per heavy atom. The maximum Gasteiger partial charge on any atom is 0.335 e. The van der Waals surface area contributed by atoms with Crippen LogP contribution in [-0.4, -0.2) is 124 Å². The molecular weight excluding hydrogens is 616 g/mol. The number of phenols is 2. The molecular formula is C30H38O16. The average Bonchev–Trinajstić information content (AvgIpc) is 2.99. The minimum Gasteiger partial charge on any atom is -0.504 e. The third-order valence-corrected chi connectivity index (χ3v) is 8.25. The Labute approximate surface area is 262 Å². The lowest BCUT2D eigenvalue weighted by atomic mass is 9.85. The molecule has 0 aromatic heterocycles. The van der Waals surface area contributed by atoms with E-state index in [-0.39, 0.29) is 34.8 Å². The van der Waals surface area contributed by atoms with Gasteiger partial charge < -0.3 is 70.0 Å². The number of carboxylic acid groups (broad SMARTS) is 2. The molecule has 2 aliphatic rings. The first-order valence-electron chi connectivity index (χ1n) is 14.4. The molecule has 2 heterocycles. The number of hydrogen-bond acceptors (Lipinski definition) is 14. The maximum atomic E-state index is 11.4. The van der Waals surface area contributed by atoms with Crippen molar-refractivity contribution in [1.82, 2.24) is 0 Å². The SMILES string of the molecule is CC(Cc1ccc(OC2OC(C(=O)O)C(O)C(O)C2O)c(O)c1)C(C)Cc1ccc(O)c(OC2OC(C(=O)O)C(O)C(O)C2O)c1. The van der Waals surface area contributed by atoms with Crippen LogP contribution in [0.15, 0.2) is 36.4 Å². The Kier molecular flexibility index (Phi) is 11.0. The summed E-state index contributed by atoms with van der Waals surface area (Å²) in [4.78, 5) is 22.7. The van der Waals surface area contributed by atoms with Gasteiger partial charge in [-0.25, -0.2) is 9.59 Å². The Morgan fingerprint density at radius 3 is 1.52 bits per heavy atom. The number of aliphatic hydroxyl groups excluding tert-OH is 6. The van der Waals surface area contributed by atoms with Crippen molar-refractivity contribution in [3.05, 3.63) is 47.5 Å². The van der Waals surface area contributed by atoms with Crippen LogP contribution >= 0.6 is 0 Å². The molecule has 0 radical (unpaired) electrons. The van der Waals surface area contributed by atoms with Crippen LogP contribution in [0.4, 0.5) is 0 Å². The van der Waals surface area contributed by atoms with Crippen LogP contribution in [0, 0.1) is 11.8 Å². The standard InChI is InChI=1S/C30H38O16/c1-11(7-13-4-6-17(16(32)9-13)43-29-23(37)19(33)21(35)25(45-29)27(39)40)12(2)8-14-3-5-15(31)18(10-14)44-30-24(38)20(34)22(36)26(46-30)28(41)42/h3-6,9-12,19-26,29-38H,7-8H2,1-2H3,(H,39,40)(H,41,42). The van der Waals surface area contributed by atoms with Gasteiger partial charge in [0.05, 0.1) is 0 Å². The molecule has 12 atom stereocenters. The van der Waals surface area contributed by atoms with Gasteiger partial charge in [-0.2, -0.15) is 0 Å². The topological polar surface area (TPSA) is 273 Å². The number of hydrogen-bond donors (Lipinski definition) is 10. The highest BCUT2D eigenvalue weighted by molar-refractivity contribution is 5.74. The molecule has 4 rings (SSSR count). The monoisotopic (exact) mass is 654 g/mol. The fourth-order valence-corrected chi connectivity index (χ4v) is 5.26. The van der Waals surface area contributed by atoms with Crippen LogP contribution in [0.2, 0.25) is 0 Å². The van der Waals surface area contributed by atoms with Crippen molar-refractivity contribution in [3.63, 3.8) is 0 Å². The Bertz CT molecular complexity index is 1380. The lowest BCUT2D eigenvalue weighted by Gasteiger charge is -2.38. The van der Waals surface area contributed by atoms with Gasteiger partial charge in [-0.1, -0.05) is 26.0 Å². The van der Waals surface area contributed by atoms with Gasteiger partial charge in [0.2, 0.25) is 12.6 Å². The summed E-state index contributed by atoms with van der Waals surface area (Å²) in [7, 11) is 0. The van der Waals surface area contributed by atoms with Crippen LogP contribution < -0.4 is 9.47 Å². The van der Waals surface area contributed by atoms with E-state index < -0.39 is 73.4 Å². The van der Waals surface area contributed by atoms with Gasteiger partial charge in [0, 0.05) is 0 Å². The molecule has 16 nitrogen and oxygen atoms in total. The molecule has 10 N–H and O–H groups in total. The molecule has 2 aromatic rings. The fraction of sp³-hybridized carbons (Fsp3) is 0.533. The largest absolute Gasteiger partial charge is 0.504 e. The zero-order chi connectivity index (χ0) is 34.0. The number of carbonyl (C=O) groups is 2. The van der Waals surface area contributed by atoms with E-state index >= 15 is 0 Å². The highest BCUT2D eigenvalue weighted by Gasteiger charge is 2.49. The molecule has 0 saturated carbocycles. The predicted molar refractivity (Wildman–Crippen MR) is 152 cm³/mol. The lowest BCUT2D eigenvalue weighted by Crippen LogP contribution is -2.61. The second kappa shape index (κ2) is 14.4. The number of benzene rings is 2. The van der Waals surface area contributed by atoms with E-state index in [1.165, 1.54) is 24.3 Å². The summed E-state index contributed by atoms with van der Waals surface area (Å²) < 4.78 is 21.2. The first-order chi connectivity index (χ1) is 21.6. The quantitative estimate of drug-likeness (QED) is 0.135. The summed E-state index contributed by atoms with van der Waals surface area (Å²) in [5.41, 5.74) is 1.41. The second-order valence-corrected chi connectivity index (χ2v) is 11.7. The van der Waals surface area contributed by atoms with Gasteiger partial charge in [0.15, 0.2) is 35.2 Å². The zero-order valence-corrected chi connectivity index (χ0v) is 24.7. The second-order valence-electron chi connectivity index (χ2n) is 11.7. The minimum atomic E-state index is -1.89. The summed E-state index contributed by atoms with van der Waals surface area (Å²) in [5, 5.41) is 99.5. The van der Waals surface area contributed by atoms with E-state index in [1.54, 1.807) is 12.1 Å². The van der Waals surface area contributed by atoms with E-state index in [0.717, 1.165) is 0 Å². The van der Waals surface area contributed by atoms with Crippen molar-refractivity contribution in [1.29, 1.82) is 0 Å². The minimum absolute atomic E-state index is 0.0204. The molecule has 2 saturated heterocycles. The molecule has 254 valence electrons. The molecule has 2 aromatic carbocycles. The van der Waals surface area contributed by atoms with E-state index in [4.69, 9.17) is 18.9 Å². The molecule has 16 heteroatoms. The van der Waals surface area contributed by atoms with E-state index in [1.807, 2.05) is 13.8 Å². The van der Waals surface area contributed by atoms with Crippen LogP contribution in [-0.2, 0) is 31.9 Å². The van der Waals surface area contributed by atoms with Crippen molar-refractivity contribution in [2.45, 2.75) is 88.1 Å².